The molecule has 3 rings (SSSR count). The summed E-state index contributed by atoms with van der Waals surface area (Å²) in [6, 6.07) is 10.9. The summed E-state index contributed by atoms with van der Waals surface area (Å²) in [5.41, 5.74) is 1.35. The van der Waals surface area contributed by atoms with E-state index in [4.69, 9.17) is 0 Å². The number of nitrogens with one attached hydrogen (secondary N) is 3. The fourth-order valence-electron chi connectivity index (χ4n) is 4.00. The summed E-state index contributed by atoms with van der Waals surface area (Å²) >= 11 is 0. The minimum Gasteiger partial charge on any atom is -0.353 e. The van der Waals surface area contributed by atoms with Crippen LogP contribution in [0.4, 0.5) is 0 Å². The van der Waals surface area contributed by atoms with Crippen molar-refractivity contribution in [2.75, 3.05) is 13.1 Å². The molecule has 2 atom stereocenters. The number of halogens is 1. The first-order valence-corrected chi connectivity index (χ1v) is 9.02. The lowest BCUT2D eigenvalue weighted by molar-refractivity contribution is -0.123. The van der Waals surface area contributed by atoms with Gasteiger partial charge in [0.2, 0.25) is 5.91 Å². The van der Waals surface area contributed by atoms with Crippen LogP contribution in [0, 0.1) is 0 Å². The van der Waals surface area contributed by atoms with Crippen molar-refractivity contribution in [3.05, 3.63) is 35.9 Å². The smallest absolute Gasteiger partial charge is 0.237 e. The Balaban J connectivity index is 0.00000208. The first-order valence-electron chi connectivity index (χ1n) is 9.02. The summed E-state index contributed by atoms with van der Waals surface area (Å²) in [7, 11) is 0. The number of carbonyl (C=O) groups excluding carboxylic acids is 1. The third-order valence-corrected chi connectivity index (χ3v) is 5.36. The average molecular weight is 352 g/mol. The van der Waals surface area contributed by atoms with Gasteiger partial charge in [-0.15, -0.1) is 12.4 Å². The predicted octanol–water partition coefficient (Wildman–Crippen LogP) is 2.94. The molecule has 2 fully saturated rings. The number of hydrogen-bond donors (Lipinski definition) is 3. The summed E-state index contributed by atoms with van der Waals surface area (Å²) in [4.78, 5) is 12.3. The summed E-state index contributed by atoms with van der Waals surface area (Å²) in [5.74, 6) is 0.169. The monoisotopic (exact) mass is 351 g/mol. The molecule has 1 saturated heterocycles. The maximum Gasteiger partial charge on any atom is 0.237 e. The molecule has 1 amide bonds. The van der Waals surface area contributed by atoms with Gasteiger partial charge in [-0.3, -0.25) is 4.79 Å². The number of carbonyl (C=O) groups is 1. The molecule has 0 radical (unpaired) electrons. The highest BCUT2D eigenvalue weighted by Gasteiger charge is 2.36. The van der Waals surface area contributed by atoms with Crippen molar-refractivity contribution in [3.63, 3.8) is 0 Å². The fraction of sp³-hybridized carbons (Fsp3) is 0.632. The molecule has 1 aliphatic carbocycles. The molecular formula is C19H30ClN3O. The minimum atomic E-state index is 0. The predicted molar refractivity (Wildman–Crippen MR) is 100 cm³/mol. The second-order valence-corrected chi connectivity index (χ2v) is 7.13. The molecule has 24 heavy (non-hydrogen) atoms. The van der Waals surface area contributed by atoms with Crippen LogP contribution in [0.25, 0.3) is 0 Å². The topological polar surface area (TPSA) is 53.2 Å². The van der Waals surface area contributed by atoms with Crippen molar-refractivity contribution >= 4 is 18.3 Å². The van der Waals surface area contributed by atoms with Gasteiger partial charge in [0.1, 0.15) is 0 Å². The van der Waals surface area contributed by atoms with E-state index in [1.165, 1.54) is 18.4 Å². The van der Waals surface area contributed by atoms with Gasteiger partial charge in [-0.25, -0.2) is 0 Å². The highest BCUT2D eigenvalue weighted by atomic mass is 35.5. The number of amides is 1. The van der Waals surface area contributed by atoms with Crippen molar-refractivity contribution in [2.24, 2.45) is 0 Å². The molecule has 0 spiro atoms. The lowest BCUT2D eigenvalue weighted by Crippen LogP contribution is -2.54. The molecule has 0 bridgehead atoms. The van der Waals surface area contributed by atoms with E-state index in [0.717, 1.165) is 38.8 Å². The number of benzene rings is 1. The highest BCUT2D eigenvalue weighted by molar-refractivity contribution is 5.85. The van der Waals surface area contributed by atoms with E-state index in [1.807, 2.05) is 0 Å². The number of hydrogen-bond acceptors (Lipinski definition) is 3. The van der Waals surface area contributed by atoms with E-state index >= 15 is 0 Å². The van der Waals surface area contributed by atoms with Gasteiger partial charge < -0.3 is 16.0 Å². The molecule has 2 aliphatic rings. The number of rotatable bonds is 6. The van der Waals surface area contributed by atoms with E-state index in [-0.39, 0.29) is 29.9 Å². The highest BCUT2D eigenvalue weighted by Crippen LogP contribution is 2.31. The van der Waals surface area contributed by atoms with Crippen LogP contribution in [0.15, 0.2) is 30.3 Å². The first-order chi connectivity index (χ1) is 11.2. The molecule has 134 valence electrons. The Labute approximate surface area is 151 Å². The molecule has 1 unspecified atom stereocenters. The van der Waals surface area contributed by atoms with Gasteiger partial charge in [-0.2, -0.15) is 0 Å². The van der Waals surface area contributed by atoms with E-state index in [0.29, 0.717) is 6.04 Å². The van der Waals surface area contributed by atoms with Crippen LogP contribution in [0.5, 0.6) is 0 Å². The SMILES string of the molecule is CC(NC1(CNC(=O)[C@@H]2CCCN2)CCCC1)c1ccccc1.Cl. The lowest BCUT2D eigenvalue weighted by atomic mass is 9.94. The lowest BCUT2D eigenvalue weighted by Gasteiger charge is -2.34. The van der Waals surface area contributed by atoms with Crippen molar-refractivity contribution < 1.29 is 4.79 Å². The Morgan fingerprint density at radius 1 is 1.25 bits per heavy atom. The van der Waals surface area contributed by atoms with E-state index in [9.17, 15) is 4.79 Å². The standard InChI is InChI=1S/C19H29N3O.ClH/c1-15(16-8-3-2-4-9-16)22-19(11-5-6-12-19)14-21-18(23)17-10-7-13-20-17;/h2-4,8-9,15,17,20,22H,5-7,10-14H2,1H3,(H,21,23);1H/t15?,17-;/m0./s1. The zero-order valence-corrected chi connectivity index (χ0v) is 15.3. The Morgan fingerprint density at radius 3 is 2.58 bits per heavy atom. The normalized spacial score (nSPS) is 23.5. The molecule has 1 saturated carbocycles. The first kappa shape index (κ1) is 19.2. The molecule has 3 N–H and O–H groups in total. The Morgan fingerprint density at radius 2 is 1.96 bits per heavy atom. The Hall–Kier alpha value is -1.10. The third-order valence-electron chi connectivity index (χ3n) is 5.36. The largest absolute Gasteiger partial charge is 0.353 e. The third kappa shape index (κ3) is 4.71. The van der Waals surface area contributed by atoms with Crippen LogP contribution in [0.1, 0.15) is 57.1 Å². The van der Waals surface area contributed by atoms with Crippen LogP contribution in [-0.2, 0) is 4.79 Å². The van der Waals surface area contributed by atoms with E-state index in [2.05, 4.69) is 53.2 Å². The van der Waals surface area contributed by atoms with E-state index in [1.54, 1.807) is 0 Å². The molecule has 4 nitrogen and oxygen atoms in total. The van der Waals surface area contributed by atoms with Gasteiger partial charge in [-0.1, -0.05) is 43.2 Å². The molecule has 1 heterocycles. The molecule has 1 aromatic rings. The summed E-state index contributed by atoms with van der Waals surface area (Å²) in [6.45, 7) is 3.92. The second kappa shape index (κ2) is 8.84. The Kier molecular flexibility index (Phi) is 7.08. The quantitative estimate of drug-likeness (QED) is 0.738. The second-order valence-electron chi connectivity index (χ2n) is 7.13. The average Bonchev–Trinajstić information content (AvgIpc) is 3.26. The Bertz CT molecular complexity index is 511. The van der Waals surface area contributed by atoms with Gasteiger partial charge in [0.15, 0.2) is 0 Å². The maximum atomic E-state index is 12.3. The van der Waals surface area contributed by atoms with Crippen LogP contribution in [0.3, 0.4) is 0 Å². The van der Waals surface area contributed by atoms with Crippen LogP contribution >= 0.6 is 12.4 Å². The fourth-order valence-corrected chi connectivity index (χ4v) is 4.00. The van der Waals surface area contributed by atoms with Gasteiger partial charge in [0.05, 0.1) is 6.04 Å². The summed E-state index contributed by atoms with van der Waals surface area (Å²) in [5, 5.41) is 10.3. The molecule has 1 aromatic carbocycles. The van der Waals surface area contributed by atoms with Gasteiger partial charge in [0.25, 0.3) is 0 Å². The van der Waals surface area contributed by atoms with Crippen LogP contribution in [-0.4, -0.2) is 30.6 Å². The van der Waals surface area contributed by atoms with Crippen molar-refractivity contribution in [1.29, 1.82) is 0 Å². The molecule has 1 aliphatic heterocycles. The summed E-state index contributed by atoms with van der Waals surface area (Å²) < 4.78 is 0. The van der Waals surface area contributed by atoms with Crippen molar-refractivity contribution in [3.8, 4) is 0 Å². The zero-order chi connectivity index (χ0) is 16.1. The van der Waals surface area contributed by atoms with Crippen LogP contribution < -0.4 is 16.0 Å². The summed E-state index contributed by atoms with van der Waals surface area (Å²) in [6.07, 6.45) is 6.84. The maximum absolute atomic E-state index is 12.3. The van der Waals surface area contributed by atoms with Gasteiger partial charge in [0, 0.05) is 18.1 Å². The van der Waals surface area contributed by atoms with Gasteiger partial charge >= 0.3 is 0 Å². The molecule has 0 aromatic heterocycles. The minimum absolute atomic E-state index is 0. The molecular weight excluding hydrogens is 322 g/mol. The molecule has 5 heteroatoms. The van der Waals surface area contributed by atoms with Crippen molar-refractivity contribution in [1.82, 2.24) is 16.0 Å². The van der Waals surface area contributed by atoms with Gasteiger partial charge in [-0.05, 0) is 44.7 Å². The zero-order valence-electron chi connectivity index (χ0n) is 14.5. The van der Waals surface area contributed by atoms with E-state index < -0.39 is 0 Å². The van der Waals surface area contributed by atoms with Crippen molar-refractivity contribution in [2.45, 2.75) is 63.1 Å². The van der Waals surface area contributed by atoms with Crippen LogP contribution in [0.2, 0.25) is 0 Å².